The average molecular weight is 243 g/mol. The molecule has 1 aliphatic carbocycles. The highest BCUT2D eigenvalue weighted by Gasteiger charge is 2.42. The highest BCUT2D eigenvalue weighted by Crippen LogP contribution is 2.37. The number of carboxylic acids is 1. The lowest BCUT2D eigenvalue weighted by Gasteiger charge is -2.23. The zero-order chi connectivity index (χ0) is 13.0. The molecule has 0 radical (unpaired) electrons. The van der Waals surface area contributed by atoms with E-state index in [2.05, 4.69) is 0 Å². The molecule has 1 rings (SSSR count). The summed E-state index contributed by atoms with van der Waals surface area (Å²) < 4.78 is 4.91. The van der Waals surface area contributed by atoms with Crippen LogP contribution in [0.2, 0.25) is 0 Å². The van der Waals surface area contributed by atoms with Crippen LogP contribution in [0.25, 0.3) is 0 Å². The number of aliphatic carboxylic acids is 1. The Hall–Kier alpha value is -1.10. The number of carbonyl (C=O) groups excluding carboxylic acids is 1. The Kier molecular flexibility index (Phi) is 4.93. The molecule has 0 aromatic rings. The molecule has 0 bridgehead atoms. The van der Waals surface area contributed by atoms with Gasteiger partial charge in [0.1, 0.15) is 0 Å². The quantitative estimate of drug-likeness (QED) is 0.777. The first-order chi connectivity index (χ1) is 7.97. The maximum atomic E-state index is 12.1. The Morgan fingerprint density at radius 1 is 1.35 bits per heavy atom. The molecule has 0 aliphatic heterocycles. The molecule has 1 aliphatic rings. The van der Waals surface area contributed by atoms with Gasteiger partial charge in [-0.2, -0.15) is 0 Å². The summed E-state index contributed by atoms with van der Waals surface area (Å²) in [6.45, 7) is 2.98. The van der Waals surface area contributed by atoms with E-state index >= 15 is 0 Å². The first-order valence-corrected chi connectivity index (χ1v) is 5.94. The molecule has 1 N–H and O–H groups in total. The molecule has 5 heteroatoms. The predicted molar refractivity (Wildman–Crippen MR) is 62.5 cm³/mol. The summed E-state index contributed by atoms with van der Waals surface area (Å²) in [4.78, 5) is 24.8. The lowest BCUT2D eigenvalue weighted by molar-refractivity contribution is -0.148. The number of carbonyl (C=O) groups is 2. The number of ether oxygens (including phenoxy) is 1. The number of methoxy groups -OCH3 is 1. The van der Waals surface area contributed by atoms with Gasteiger partial charge in [-0.05, 0) is 18.8 Å². The van der Waals surface area contributed by atoms with Gasteiger partial charge >= 0.3 is 5.97 Å². The minimum atomic E-state index is -0.854. The summed E-state index contributed by atoms with van der Waals surface area (Å²) in [5, 5.41) is 9.11. The number of amides is 1. The number of carboxylic acid groups (broad SMARTS) is 1. The Balaban J connectivity index is 2.63. The van der Waals surface area contributed by atoms with E-state index in [1.165, 1.54) is 0 Å². The number of rotatable bonds is 5. The molecule has 0 spiro atoms. The third kappa shape index (κ3) is 3.43. The largest absolute Gasteiger partial charge is 0.481 e. The second kappa shape index (κ2) is 6.00. The standard InChI is InChI=1S/C12H21NO4/c1-8-6-9(10(7-8)12(15)16)11(14)13(2)4-5-17-3/h8-10H,4-7H2,1-3H3,(H,15,16). The van der Waals surface area contributed by atoms with E-state index in [4.69, 9.17) is 9.84 Å². The van der Waals surface area contributed by atoms with Crippen molar-refractivity contribution in [3.8, 4) is 0 Å². The van der Waals surface area contributed by atoms with Crippen molar-refractivity contribution in [2.24, 2.45) is 17.8 Å². The SMILES string of the molecule is COCCN(C)C(=O)C1CC(C)CC1C(=O)O. The highest BCUT2D eigenvalue weighted by molar-refractivity contribution is 5.85. The summed E-state index contributed by atoms with van der Waals surface area (Å²) in [6, 6.07) is 0. The average Bonchev–Trinajstić information content (AvgIpc) is 2.67. The molecule has 1 fully saturated rings. The van der Waals surface area contributed by atoms with E-state index in [1.54, 1.807) is 19.1 Å². The van der Waals surface area contributed by atoms with E-state index in [-0.39, 0.29) is 11.8 Å². The molecule has 5 nitrogen and oxygen atoms in total. The molecule has 1 saturated carbocycles. The van der Waals surface area contributed by atoms with Crippen LogP contribution in [0.15, 0.2) is 0 Å². The smallest absolute Gasteiger partial charge is 0.307 e. The maximum Gasteiger partial charge on any atom is 0.307 e. The van der Waals surface area contributed by atoms with Gasteiger partial charge in [-0.1, -0.05) is 6.92 Å². The van der Waals surface area contributed by atoms with Crippen molar-refractivity contribution < 1.29 is 19.4 Å². The highest BCUT2D eigenvalue weighted by atomic mass is 16.5. The van der Waals surface area contributed by atoms with Crippen molar-refractivity contribution in [3.05, 3.63) is 0 Å². The molecule has 0 heterocycles. The second-order valence-corrected chi connectivity index (χ2v) is 4.88. The first kappa shape index (κ1) is 14.0. The Morgan fingerprint density at radius 3 is 2.47 bits per heavy atom. The summed E-state index contributed by atoms with van der Waals surface area (Å²) >= 11 is 0. The Labute approximate surface area is 102 Å². The van der Waals surface area contributed by atoms with Crippen molar-refractivity contribution in [2.75, 3.05) is 27.3 Å². The zero-order valence-electron chi connectivity index (χ0n) is 10.7. The number of hydrogen-bond donors (Lipinski definition) is 1. The Morgan fingerprint density at radius 2 is 1.94 bits per heavy atom. The van der Waals surface area contributed by atoms with Crippen LogP contribution >= 0.6 is 0 Å². The first-order valence-electron chi connectivity index (χ1n) is 5.94. The van der Waals surface area contributed by atoms with E-state index in [9.17, 15) is 9.59 Å². The number of likely N-dealkylation sites (N-methyl/N-ethyl adjacent to an activating group) is 1. The van der Waals surface area contributed by atoms with Gasteiger partial charge in [0.25, 0.3) is 0 Å². The topological polar surface area (TPSA) is 66.8 Å². The van der Waals surface area contributed by atoms with Crippen LogP contribution in [0.5, 0.6) is 0 Å². The van der Waals surface area contributed by atoms with Gasteiger partial charge in [-0.15, -0.1) is 0 Å². The van der Waals surface area contributed by atoms with Crippen LogP contribution < -0.4 is 0 Å². The zero-order valence-corrected chi connectivity index (χ0v) is 10.7. The Bertz CT molecular complexity index is 292. The maximum absolute atomic E-state index is 12.1. The van der Waals surface area contributed by atoms with Crippen molar-refractivity contribution >= 4 is 11.9 Å². The van der Waals surface area contributed by atoms with Gasteiger partial charge in [0, 0.05) is 20.7 Å². The third-order valence-electron chi connectivity index (χ3n) is 3.44. The molecule has 0 aromatic heterocycles. The molecular formula is C12H21NO4. The van der Waals surface area contributed by atoms with Gasteiger partial charge in [0.2, 0.25) is 5.91 Å². The molecule has 0 aromatic carbocycles. The second-order valence-electron chi connectivity index (χ2n) is 4.88. The van der Waals surface area contributed by atoms with Crippen LogP contribution in [0, 0.1) is 17.8 Å². The van der Waals surface area contributed by atoms with E-state index in [1.807, 2.05) is 6.92 Å². The van der Waals surface area contributed by atoms with Crippen molar-refractivity contribution in [2.45, 2.75) is 19.8 Å². The van der Waals surface area contributed by atoms with Crippen LogP contribution in [0.4, 0.5) is 0 Å². The van der Waals surface area contributed by atoms with E-state index < -0.39 is 11.9 Å². The number of nitrogens with zero attached hydrogens (tertiary/aromatic N) is 1. The van der Waals surface area contributed by atoms with Gasteiger partial charge in [-0.25, -0.2) is 0 Å². The van der Waals surface area contributed by atoms with Crippen LogP contribution in [0.3, 0.4) is 0 Å². The van der Waals surface area contributed by atoms with Crippen molar-refractivity contribution in [1.29, 1.82) is 0 Å². The molecule has 3 atom stereocenters. The molecule has 1 amide bonds. The fourth-order valence-corrected chi connectivity index (χ4v) is 2.46. The van der Waals surface area contributed by atoms with Gasteiger partial charge in [0.05, 0.1) is 18.4 Å². The number of hydrogen-bond acceptors (Lipinski definition) is 3. The van der Waals surface area contributed by atoms with E-state index in [0.717, 1.165) is 0 Å². The van der Waals surface area contributed by atoms with Crippen molar-refractivity contribution in [3.63, 3.8) is 0 Å². The van der Waals surface area contributed by atoms with Crippen molar-refractivity contribution in [1.82, 2.24) is 4.90 Å². The molecule has 17 heavy (non-hydrogen) atoms. The third-order valence-corrected chi connectivity index (χ3v) is 3.44. The normalized spacial score (nSPS) is 28.1. The minimum absolute atomic E-state index is 0.0706. The van der Waals surface area contributed by atoms with Crippen LogP contribution in [0.1, 0.15) is 19.8 Å². The lowest BCUT2D eigenvalue weighted by Crippen LogP contribution is -2.38. The summed E-state index contributed by atoms with van der Waals surface area (Å²) in [6.07, 6.45) is 1.27. The van der Waals surface area contributed by atoms with Gasteiger partial charge in [-0.3, -0.25) is 9.59 Å². The van der Waals surface area contributed by atoms with Gasteiger partial charge in [0.15, 0.2) is 0 Å². The monoisotopic (exact) mass is 243 g/mol. The van der Waals surface area contributed by atoms with Crippen LogP contribution in [-0.4, -0.2) is 49.2 Å². The molecule has 98 valence electrons. The predicted octanol–water partition coefficient (Wildman–Crippen LogP) is 0.838. The molecule has 3 unspecified atom stereocenters. The van der Waals surface area contributed by atoms with Crippen LogP contribution in [-0.2, 0) is 14.3 Å². The fraction of sp³-hybridized carbons (Fsp3) is 0.833. The summed E-state index contributed by atoms with van der Waals surface area (Å²) in [5.74, 6) is -1.51. The molecular weight excluding hydrogens is 222 g/mol. The summed E-state index contributed by atoms with van der Waals surface area (Å²) in [5.41, 5.74) is 0. The summed E-state index contributed by atoms with van der Waals surface area (Å²) in [7, 11) is 3.28. The molecule has 0 saturated heterocycles. The minimum Gasteiger partial charge on any atom is -0.481 e. The van der Waals surface area contributed by atoms with Gasteiger partial charge < -0.3 is 14.7 Å². The fourth-order valence-electron chi connectivity index (χ4n) is 2.46. The lowest BCUT2D eigenvalue weighted by atomic mass is 9.95. The van der Waals surface area contributed by atoms with E-state index in [0.29, 0.717) is 31.9 Å².